The van der Waals surface area contributed by atoms with E-state index in [2.05, 4.69) is 4.98 Å². The van der Waals surface area contributed by atoms with Crippen molar-refractivity contribution < 1.29 is 24.0 Å². The van der Waals surface area contributed by atoms with E-state index in [1.165, 1.54) is 12.1 Å². The van der Waals surface area contributed by atoms with Crippen LogP contribution in [-0.4, -0.2) is 53.0 Å². The molecule has 0 unspecified atom stereocenters. The summed E-state index contributed by atoms with van der Waals surface area (Å²) in [5, 5.41) is 10.8. The van der Waals surface area contributed by atoms with Crippen molar-refractivity contribution in [1.29, 1.82) is 0 Å². The van der Waals surface area contributed by atoms with Crippen molar-refractivity contribution in [2.24, 2.45) is 0 Å². The predicted molar refractivity (Wildman–Crippen MR) is 113 cm³/mol. The number of non-ortho nitro benzene ring substituents is 1. The summed E-state index contributed by atoms with van der Waals surface area (Å²) in [7, 11) is 0. The topological polar surface area (TPSA) is 112 Å². The van der Waals surface area contributed by atoms with E-state index in [0.29, 0.717) is 6.54 Å². The molecule has 0 aliphatic heterocycles. The molecule has 0 fully saturated rings. The summed E-state index contributed by atoms with van der Waals surface area (Å²) in [6.07, 6.45) is 3.13. The van der Waals surface area contributed by atoms with E-state index < -0.39 is 16.9 Å². The molecule has 0 radical (unpaired) electrons. The van der Waals surface area contributed by atoms with Gasteiger partial charge in [-0.25, -0.2) is 0 Å². The number of carbonyl (C=O) groups excluding carboxylic acids is 2. The summed E-state index contributed by atoms with van der Waals surface area (Å²) in [5.74, 6) is -0.831. The summed E-state index contributed by atoms with van der Waals surface area (Å²) in [6, 6.07) is 10.3. The first-order chi connectivity index (χ1) is 14.9. The summed E-state index contributed by atoms with van der Waals surface area (Å²) < 4.78 is 9.98. The maximum atomic E-state index is 11.9. The third kappa shape index (κ3) is 8.51. The van der Waals surface area contributed by atoms with E-state index in [1.807, 2.05) is 12.1 Å². The number of ether oxygens (including phenoxy) is 2. The first-order valence-electron chi connectivity index (χ1n) is 10.1. The lowest BCUT2D eigenvalue weighted by Gasteiger charge is -2.20. The highest BCUT2D eigenvalue weighted by Gasteiger charge is 2.17. The normalized spacial score (nSPS) is 10.7. The third-order valence-electron chi connectivity index (χ3n) is 4.43. The van der Waals surface area contributed by atoms with Crippen LogP contribution in [0.1, 0.15) is 30.7 Å². The van der Waals surface area contributed by atoms with Gasteiger partial charge in [-0.3, -0.25) is 29.6 Å². The van der Waals surface area contributed by atoms with Crippen molar-refractivity contribution in [3.8, 4) is 0 Å². The molecule has 0 bridgehead atoms. The average Bonchev–Trinajstić information content (AvgIpc) is 2.73. The van der Waals surface area contributed by atoms with Gasteiger partial charge in [0.2, 0.25) is 0 Å². The van der Waals surface area contributed by atoms with E-state index in [0.717, 1.165) is 29.7 Å². The fourth-order valence-corrected chi connectivity index (χ4v) is 3.02. The molecule has 0 atom stereocenters. The molecule has 0 saturated heterocycles. The van der Waals surface area contributed by atoms with Crippen molar-refractivity contribution in [3.63, 3.8) is 0 Å². The van der Waals surface area contributed by atoms with Gasteiger partial charge in [-0.1, -0.05) is 12.1 Å². The molecule has 2 aromatic rings. The number of aromatic nitrogens is 1. The van der Waals surface area contributed by atoms with Crippen LogP contribution in [0, 0.1) is 10.1 Å². The number of aryl methyl sites for hydroxylation is 2. The van der Waals surface area contributed by atoms with Gasteiger partial charge in [-0.2, -0.15) is 0 Å². The van der Waals surface area contributed by atoms with Crippen LogP contribution in [0.25, 0.3) is 0 Å². The fraction of sp³-hybridized carbons (Fsp3) is 0.409. The Labute approximate surface area is 181 Å². The standard InChI is InChI=1S/C22H27N3O6/c1-3-30-21(26)15-24(16-22(27)31-4-2)14-19-13-18(11-12-23-19)6-5-17-7-9-20(10-8-17)25(28)29/h7-13H,3-6,14-16H2,1-2H3. The van der Waals surface area contributed by atoms with Crippen LogP contribution in [0.15, 0.2) is 42.6 Å². The van der Waals surface area contributed by atoms with Crippen LogP contribution in [0.3, 0.4) is 0 Å². The number of pyridine rings is 1. The smallest absolute Gasteiger partial charge is 0.320 e. The lowest BCUT2D eigenvalue weighted by Crippen LogP contribution is -2.36. The minimum Gasteiger partial charge on any atom is -0.465 e. The summed E-state index contributed by atoms with van der Waals surface area (Å²) >= 11 is 0. The van der Waals surface area contributed by atoms with Gasteiger partial charge in [0.25, 0.3) is 5.69 Å². The second kappa shape index (κ2) is 12.4. The highest BCUT2D eigenvalue weighted by atomic mass is 16.6. The number of benzene rings is 1. The second-order valence-corrected chi connectivity index (χ2v) is 6.83. The largest absolute Gasteiger partial charge is 0.465 e. The fourth-order valence-electron chi connectivity index (χ4n) is 3.02. The summed E-state index contributed by atoms with van der Waals surface area (Å²) in [4.78, 5) is 40.1. The molecule has 9 nitrogen and oxygen atoms in total. The van der Waals surface area contributed by atoms with Crippen LogP contribution in [0.4, 0.5) is 5.69 Å². The SMILES string of the molecule is CCOC(=O)CN(CC(=O)OCC)Cc1cc(CCc2ccc([N+](=O)[O-])cc2)ccn1. The monoisotopic (exact) mass is 429 g/mol. The minimum atomic E-state index is -0.419. The molecule has 0 aliphatic rings. The van der Waals surface area contributed by atoms with Crippen molar-refractivity contribution in [3.05, 3.63) is 69.5 Å². The highest BCUT2D eigenvalue weighted by molar-refractivity contribution is 5.75. The van der Waals surface area contributed by atoms with Gasteiger partial charge in [0.15, 0.2) is 0 Å². The summed E-state index contributed by atoms with van der Waals surface area (Å²) in [6.45, 7) is 4.20. The molecule has 0 amide bonds. The van der Waals surface area contributed by atoms with Gasteiger partial charge in [0.05, 0.1) is 36.9 Å². The quantitative estimate of drug-likeness (QED) is 0.288. The number of nitrogens with zero attached hydrogens (tertiary/aromatic N) is 3. The Kier molecular flexibility index (Phi) is 9.57. The van der Waals surface area contributed by atoms with E-state index in [4.69, 9.17) is 9.47 Å². The molecule has 1 heterocycles. The van der Waals surface area contributed by atoms with Crippen LogP contribution in [-0.2, 0) is 38.4 Å². The maximum Gasteiger partial charge on any atom is 0.320 e. The van der Waals surface area contributed by atoms with Gasteiger partial charge in [-0.05, 0) is 49.9 Å². The number of esters is 2. The first-order valence-corrected chi connectivity index (χ1v) is 10.1. The number of carbonyl (C=O) groups is 2. The van der Waals surface area contributed by atoms with Gasteiger partial charge < -0.3 is 9.47 Å². The Morgan fingerprint density at radius 2 is 1.55 bits per heavy atom. The zero-order valence-electron chi connectivity index (χ0n) is 17.8. The average molecular weight is 429 g/mol. The Bertz CT molecular complexity index is 865. The molecule has 0 N–H and O–H groups in total. The number of hydrogen-bond acceptors (Lipinski definition) is 8. The molecular formula is C22H27N3O6. The lowest BCUT2D eigenvalue weighted by atomic mass is 10.0. The zero-order chi connectivity index (χ0) is 22.6. The highest BCUT2D eigenvalue weighted by Crippen LogP contribution is 2.14. The van der Waals surface area contributed by atoms with Crippen molar-refractivity contribution >= 4 is 17.6 Å². The van der Waals surface area contributed by atoms with Crippen LogP contribution in [0.2, 0.25) is 0 Å². The third-order valence-corrected chi connectivity index (χ3v) is 4.43. The number of nitro groups is 1. The van der Waals surface area contributed by atoms with E-state index >= 15 is 0 Å². The molecule has 0 aliphatic carbocycles. The maximum absolute atomic E-state index is 11.9. The Morgan fingerprint density at radius 3 is 2.10 bits per heavy atom. The molecule has 9 heteroatoms. The molecule has 0 spiro atoms. The second-order valence-electron chi connectivity index (χ2n) is 6.83. The van der Waals surface area contributed by atoms with Gasteiger partial charge >= 0.3 is 11.9 Å². The van der Waals surface area contributed by atoms with Crippen LogP contribution in [0.5, 0.6) is 0 Å². The minimum absolute atomic E-state index is 0.0403. The lowest BCUT2D eigenvalue weighted by molar-refractivity contribution is -0.384. The summed E-state index contributed by atoms with van der Waals surface area (Å²) in [5.41, 5.74) is 2.82. The van der Waals surface area contributed by atoms with Crippen molar-refractivity contribution in [1.82, 2.24) is 9.88 Å². The predicted octanol–water partition coefficient (Wildman–Crippen LogP) is 2.70. The van der Waals surface area contributed by atoms with Gasteiger partial charge in [-0.15, -0.1) is 0 Å². The van der Waals surface area contributed by atoms with Gasteiger partial charge in [0, 0.05) is 24.9 Å². The molecule has 1 aromatic heterocycles. The molecule has 1 aromatic carbocycles. The van der Waals surface area contributed by atoms with Crippen molar-refractivity contribution in [2.75, 3.05) is 26.3 Å². The molecular weight excluding hydrogens is 402 g/mol. The van der Waals surface area contributed by atoms with E-state index in [9.17, 15) is 19.7 Å². The molecule has 0 saturated carbocycles. The van der Waals surface area contributed by atoms with Crippen LogP contribution < -0.4 is 0 Å². The number of rotatable bonds is 12. The molecule has 2 rings (SSSR count). The van der Waals surface area contributed by atoms with Crippen LogP contribution >= 0.6 is 0 Å². The van der Waals surface area contributed by atoms with E-state index in [1.54, 1.807) is 37.1 Å². The Hall–Kier alpha value is -3.33. The Balaban J connectivity index is 2.01. The van der Waals surface area contributed by atoms with Crippen molar-refractivity contribution in [2.45, 2.75) is 33.2 Å². The van der Waals surface area contributed by atoms with Gasteiger partial charge in [0.1, 0.15) is 0 Å². The number of hydrogen-bond donors (Lipinski definition) is 0. The first kappa shape index (κ1) is 23.9. The van der Waals surface area contributed by atoms with E-state index in [-0.39, 0.29) is 32.0 Å². The molecule has 166 valence electrons. The number of nitro benzene ring substituents is 1. The zero-order valence-corrected chi connectivity index (χ0v) is 17.8. The Morgan fingerprint density at radius 1 is 0.968 bits per heavy atom. The molecule has 31 heavy (non-hydrogen) atoms.